The summed E-state index contributed by atoms with van der Waals surface area (Å²) in [6.07, 6.45) is 3.98. The van der Waals surface area contributed by atoms with Gasteiger partial charge in [0.15, 0.2) is 0 Å². The van der Waals surface area contributed by atoms with E-state index in [0.29, 0.717) is 11.9 Å². The SMILES string of the molecule is COc1cccc(CNC2CCC2)n1. The van der Waals surface area contributed by atoms with Crippen molar-refractivity contribution in [2.24, 2.45) is 0 Å². The van der Waals surface area contributed by atoms with Crippen molar-refractivity contribution in [2.45, 2.75) is 31.8 Å². The van der Waals surface area contributed by atoms with Crippen molar-refractivity contribution in [1.82, 2.24) is 10.3 Å². The number of methoxy groups -OCH3 is 1. The van der Waals surface area contributed by atoms with Crippen LogP contribution in [0.2, 0.25) is 0 Å². The number of hydrogen-bond donors (Lipinski definition) is 1. The number of hydrogen-bond acceptors (Lipinski definition) is 3. The highest BCUT2D eigenvalue weighted by Gasteiger charge is 2.16. The van der Waals surface area contributed by atoms with E-state index >= 15 is 0 Å². The van der Waals surface area contributed by atoms with Crippen LogP contribution in [0.1, 0.15) is 25.0 Å². The van der Waals surface area contributed by atoms with E-state index in [1.807, 2.05) is 18.2 Å². The summed E-state index contributed by atoms with van der Waals surface area (Å²) in [6.45, 7) is 0.849. The zero-order valence-corrected chi connectivity index (χ0v) is 8.49. The molecule has 0 saturated heterocycles. The van der Waals surface area contributed by atoms with E-state index in [0.717, 1.165) is 12.2 Å². The Bertz CT molecular complexity index is 297. The van der Waals surface area contributed by atoms with Gasteiger partial charge in [-0.25, -0.2) is 4.98 Å². The van der Waals surface area contributed by atoms with Crippen molar-refractivity contribution in [2.75, 3.05) is 7.11 Å². The predicted molar refractivity (Wildman–Crippen MR) is 55.3 cm³/mol. The Balaban J connectivity index is 1.87. The van der Waals surface area contributed by atoms with Crippen LogP contribution < -0.4 is 10.1 Å². The quantitative estimate of drug-likeness (QED) is 0.789. The molecule has 0 atom stereocenters. The minimum Gasteiger partial charge on any atom is -0.481 e. The summed E-state index contributed by atoms with van der Waals surface area (Å²) in [5, 5.41) is 3.47. The highest BCUT2D eigenvalue weighted by Crippen LogP contribution is 2.18. The first-order valence-electron chi connectivity index (χ1n) is 5.12. The third-order valence-corrected chi connectivity index (χ3v) is 2.67. The smallest absolute Gasteiger partial charge is 0.213 e. The molecule has 1 aliphatic rings. The Morgan fingerprint density at radius 3 is 3.00 bits per heavy atom. The molecule has 1 fully saturated rings. The van der Waals surface area contributed by atoms with Crippen LogP contribution in [0.15, 0.2) is 18.2 Å². The fraction of sp³-hybridized carbons (Fsp3) is 0.545. The third kappa shape index (κ3) is 2.23. The molecule has 1 N–H and O–H groups in total. The molecular weight excluding hydrogens is 176 g/mol. The van der Waals surface area contributed by atoms with Crippen molar-refractivity contribution in [3.8, 4) is 5.88 Å². The van der Waals surface area contributed by atoms with Crippen LogP contribution in [-0.4, -0.2) is 18.1 Å². The van der Waals surface area contributed by atoms with E-state index in [-0.39, 0.29) is 0 Å². The van der Waals surface area contributed by atoms with E-state index in [1.165, 1.54) is 19.3 Å². The van der Waals surface area contributed by atoms with Gasteiger partial charge in [-0.15, -0.1) is 0 Å². The van der Waals surface area contributed by atoms with Gasteiger partial charge in [-0.2, -0.15) is 0 Å². The molecule has 0 unspecified atom stereocenters. The van der Waals surface area contributed by atoms with Gasteiger partial charge < -0.3 is 10.1 Å². The Hall–Kier alpha value is -1.09. The molecule has 0 spiro atoms. The molecule has 0 aromatic carbocycles. The number of pyridine rings is 1. The Kier molecular flexibility index (Phi) is 2.99. The average Bonchev–Trinajstić information content (AvgIpc) is 2.16. The van der Waals surface area contributed by atoms with Crippen LogP contribution >= 0.6 is 0 Å². The highest BCUT2D eigenvalue weighted by molar-refractivity contribution is 5.15. The van der Waals surface area contributed by atoms with Gasteiger partial charge in [-0.3, -0.25) is 0 Å². The molecule has 76 valence electrons. The molecule has 1 heterocycles. The Morgan fingerprint density at radius 2 is 2.36 bits per heavy atom. The summed E-state index contributed by atoms with van der Waals surface area (Å²) in [6, 6.07) is 6.58. The largest absolute Gasteiger partial charge is 0.481 e. The van der Waals surface area contributed by atoms with Crippen LogP contribution in [0.4, 0.5) is 0 Å². The lowest BCUT2D eigenvalue weighted by Gasteiger charge is -2.26. The maximum Gasteiger partial charge on any atom is 0.213 e. The van der Waals surface area contributed by atoms with E-state index in [4.69, 9.17) is 4.74 Å². The van der Waals surface area contributed by atoms with Crippen LogP contribution in [0.3, 0.4) is 0 Å². The van der Waals surface area contributed by atoms with E-state index in [1.54, 1.807) is 7.11 Å². The van der Waals surface area contributed by atoms with Crippen LogP contribution in [0.25, 0.3) is 0 Å². The zero-order valence-electron chi connectivity index (χ0n) is 8.49. The normalized spacial score (nSPS) is 16.4. The Morgan fingerprint density at radius 1 is 1.50 bits per heavy atom. The first-order valence-corrected chi connectivity index (χ1v) is 5.12. The number of nitrogens with one attached hydrogen (secondary N) is 1. The van der Waals surface area contributed by atoms with Crippen LogP contribution in [0.5, 0.6) is 5.88 Å². The molecule has 0 aliphatic heterocycles. The second-order valence-corrected chi connectivity index (χ2v) is 3.68. The van der Waals surface area contributed by atoms with E-state index in [9.17, 15) is 0 Å². The van der Waals surface area contributed by atoms with Crippen molar-refractivity contribution in [3.05, 3.63) is 23.9 Å². The summed E-state index contributed by atoms with van der Waals surface area (Å²) >= 11 is 0. The monoisotopic (exact) mass is 192 g/mol. The molecule has 3 heteroatoms. The van der Waals surface area contributed by atoms with Crippen molar-refractivity contribution in [3.63, 3.8) is 0 Å². The number of rotatable bonds is 4. The van der Waals surface area contributed by atoms with Crippen molar-refractivity contribution >= 4 is 0 Å². The maximum absolute atomic E-state index is 5.06. The number of aromatic nitrogens is 1. The molecule has 14 heavy (non-hydrogen) atoms. The summed E-state index contributed by atoms with van der Waals surface area (Å²) in [5.41, 5.74) is 1.05. The van der Waals surface area contributed by atoms with Crippen molar-refractivity contribution < 1.29 is 4.74 Å². The second-order valence-electron chi connectivity index (χ2n) is 3.68. The van der Waals surface area contributed by atoms with E-state index in [2.05, 4.69) is 10.3 Å². The van der Waals surface area contributed by atoms with Gasteiger partial charge in [-0.1, -0.05) is 12.5 Å². The molecule has 1 saturated carbocycles. The lowest BCUT2D eigenvalue weighted by atomic mass is 9.93. The topological polar surface area (TPSA) is 34.1 Å². The van der Waals surface area contributed by atoms with Gasteiger partial charge >= 0.3 is 0 Å². The lowest BCUT2D eigenvalue weighted by Crippen LogP contribution is -2.34. The average molecular weight is 192 g/mol. The first-order chi connectivity index (χ1) is 6.88. The van der Waals surface area contributed by atoms with Gasteiger partial charge in [0, 0.05) is 18.7 Å². The molecule has 1 aromatic heterocycles. The molecular formula is C11H16N2O. The maximum atomic E-state index is 5.06. The van der Waals surface area contributed by atoms with E-state index < -0.39 is 0 Å². The molecule has 1 aromatic rings. The standard InChI is InChI=1S/C11H16N2O/c1-14-11-7-3-6-10(13-11)8-12-9-4-2-5-9/h3,6-7,9,12H,2,4-5,8H2,1H3. The second kappa shape index (κ2) is 4.42. The van der Waals surface area contributed by atoms with Gasteiger partial charge in [0.2, 0.25) is 5.88 Å². The molecule has 1 aliphatic carbocycles. The van der Waals surface area contributed by atoms with Gasteiger partial charge in [0.1, 0.15) is 0 Å². The van der Waals surface area contributed by atoms with Gasteiger partial charge in [0.05, 0.1) is 12.8 Å². The lowest BCUT2D eigenvalue weighted by molar-refractivity contribution is 0.335. The van der Waals surface area contributed by atoms with Crippen LogP contribution in [-0.2, 0) is 6.54 Å². The van der Waals surface area contributed by atoms with Crippen molar-refractivity contribution in [1.29, 1.82) is 0 Å². The highest BCUT2D eigenvalue weighted by atomic mass is 16.5. The molecule has 0 bridgehead atoms. The molecule has 2 rings (SSSR count). The van der Waals surface area contributed by atoms with Gasteiger partial charge in [0.25, 0.3) is 0 Å². The Labute approximate surface area is 84.5 Å². The number of ether oxygens (including phenoxy) is 1. The molecule has 0 radical (unpaired) electrons. The zero-order chi connectivity index (χ0) is 9.80. The number of nitrogens with zero attached hydrogens (tertiary/aromatic N) is 1. The molecule has 3 nitrogen and oxygen atoms in total. The molecule has 0 amide bonds. The fourth-order valence-corrected chi connectivity index (χ4v) is 1.53. The minimum absolute atomic E-state index is 0.693. The van der Waals surface area contributed by atoms with Gasteiger partial charge in [-0.05, 0) is 18.9 Å². The predicted octanol–water partition coefficient (Wildman–Crippen LogP) is 1.73. The summed E-state index contributed by atoms with van der Waals surface area (Å²) in [5.74, 6) is 0.693. The third-order valence-electron chi connectivity index (χ3n) is 2.67. The first kappa shape index (κ1) is 9.46. The fourth-order valence-electron chi connectivity index (χ4n) is 1.53. The summed E-state index contributed by atoms with van der Waals surface area (Å²) in [7, 11) is 1.64. The minimum atomic E-state index is 0.693. The summed E-state index contributed by atoms with van der Waals surface area (Å²) in [4.78, 5) is 4.34. The van der Waals surface area contributed by atoms with Crippen LogP contribution in [0, 0.1) is 0 Å². The summed E-state index contributed by atoms with van der Waals surface area (Å²) < 4.78 is 5.06.